The first-order chi connectivity index (χ1) is 8.72. The van der Waals surface area contributed by atoms with Gasteiger partial charge >= 0.3 is 0 Å². The zero-order chi connectivity index (χ0) is 13.0. The summed E-state index contributed by atoms with van der Waals surface area (Å²) in [7, 11) is 1.63. The van der Waals surface area contributed by atoms with E-state index in [0.29, 0.717) is 6.54 Å². The Morgan fingerprint density at radius 1 is 1.06 bits per heavy atom. The molecule has 0 aromatic heterocycles. The molecule has 18 heavy (non-hydrogen) atoms. The summed E-state index contributed by atoms with van der Waals surface area (Å²) < 4.78 is 11.7. The van der Waals surface area contributed by atoms with Crippen LogP contribution in [0.1, 0.15) is 5.56 Å². The summed E-state index contributed by atoms with van der Waals surface area (Å²) in [5, 5.41) is 0. The Morgan fingerprint density at radius 3 is 2.28 bits per heavy atom. The molecule has 3 nitrogen and oxygen atoms in total. The third kappa shape index (κ3) is 3.03. The minimum absolute atomic E-state index is 0.534. The van der Waals surface area contributed by atoms with E-state index in [1.165, 1.54) is 0 Å². The van der Waals surface area contributed by atoms with E-state index in [2.05, 4.69) is 15.9 Å². The van der Waals surface area contributed by atoms with Gasteiger partial charge in [0.25, 0.3) is 0 Å². The van der Waals surface area contributed by atoms with E-state index in [9.17, 15) is 0 Å². The first kappa shape index (κ1) is 12.9. The first-order valence-electron chi connectivity index (χ1n) is 5.53. The minimum Gasteiger partial charge on any atom is -0.497 e. The molecule has 0 bridgehead atoms. The Labute approximate surface area is 115 Å². The van der Waals surface area contributed by atoms with E-state index >= 15 is 0 Å². The van der Waals surface area contributed by atoms with E-state index in [1.54, 1.807) is 7.11 Å². The van der Waals surface area contributed by atoms with Gasteiger partial charge in [0, 0.05) is 6.54 Å². The van der Waals surface area contributed by atoms with Crippen molar-refractivity contribution in [3.63, 3.8) is 0 Å². The van der Waals surface area contributed by atoms with Crippen molar-refractivity contribution in [3.05, 3.63) is 52.5 Å². The summed E-state index contributed by atoms with van der Waals surface area (Å²) in [6, 6.07) is 13.3. The van der Waals surface area contributed by atoms with Crippen molar-refractivity contribution >= 4 is 15.9 Å². The number of hydrogen-bond donors (Lipinski definition) is 1. The number of rotatable bonds is 4. The largest absolute Gasteiger partial charge is 0.497 e. The van der Waals surface area contributed by atoms with Crippen LogP contribution in [0.5, 0.6) is 17.2 Å². The lowest BCUT2D eigenvalue weighted by molar-refractivity contribution is 0.412. The van der Waals surface area contributed by atoms with Crippen LogP contribution in [0.3, 0.4) is 0 Å². The van der Waals surface area contributed by atoms with Gasteiger partial charge in [0.15, 0.2) is 0 Å². The smallest absolute Gasteiger partial charge is 0.141 e. The lowest BCUT2D eigenvalue weighted by Gasteiger charge is -2.09. The molecule has 0 fully saturated rings. The van der Waals surface area contributed by atoms with Crippen molar-refractivity contribution in [2.45, 2.75) is 6.54 Å². The summed E-state index contributed by atoms with van der Waals surface area (Å²) in [5.74, 6) is 2.31. The van der Waals surface area contributed by atoms with Gasteiger partial charge < -0.3 is 15.2 Å². The highest BCUT2D eigenvalue weighted by Gasteiger charge is 2.04. The van der Waals surface area contributed by atoms with Gasteiger partial charge in [0.2, 0.25) is 0 Å². The van der Waals surface area contributed by atoms with E-state index < -0.39 is 0 Å². The number of nitrogens with two attached hydrogens (primary N) is 1. The predicted molar refractivity (Wildman–Crippen MR) is 75.1 cm³/mol. The van der Waals surface area contributed by atoms with Crippen LogP contribution in [0.15, 0.2) is 46.9 Å². The maximum absolute atomic E-state index is 5.76. The van der Waals surface area contributed by atoms with Crippen molar-refractivity contribution in [1.82, 2.24) is 0 Å². The molecule has 94 valence electrons. The second kappa shape index (κ2) is 5.89. The number of ether oxygens (including phenoxy) is 2. The Balaban J connectivity index is 2.17. The SMILES string of the molecule is COc1ccc(Oc2ccc(CN)cc2)c(Br)c1. The zero-order valence-corrected chi connectivity index (χ0v) is 11.6. The molecular weight excluding hydrogens is 294 g/mol. The quantitative estimate of drug-likeness (QED) is 0.936. The Kier molecular flexibility index (Phi) is 4.23. The maximum Gasteiger partial charge on any atom is 0.141 e. The van der Waals surface area contributed by atoms with Gasteiger partial charge in [-0.15, -0.1) is 0 Å². The number of halogens is 1. The molecule has 0 saturated carbocycles. The second-order valence-corrected chi connectivity index (χ2v) is 4.60. The highest BCUT2D eigenvalue weighted by molar-refractivity contribution is 9.10. The fourth-order valence-corrected chi connectivity index (χ4v) is 1.95. The van der Waals surface area contributed by atoms with Crippen molar-refractivity contribution in [2.75, 3.05) is 7.11 Å². The van der Waals surface area contributed by atoms with Gasteiger partial charge in [0.1, 0.15) is 17.2 Å². The fraction of sp³-hybridized carbons (Fsp3) is 0.143. The lowest BCUT2D eigenvalue weighted by Crippen LogP contribution is -1.95. The normalized spacial score (nSPS) is 10.2. The minimum atomic E-state index is 0.534. The van der Waals surface area contributed by atoms with E-state index in [0.717, 1.165) is 27.3 Å². The van der Waals surface area contributed by atoms with Crippen LogP contribution in [0, 0.1) is 0 Å². The monoisotopic (exact) mass is 307 g/mol. The van der Waals surface area contributed by atoms with Crippen molar-refractivity contribution in [2.24, 2.45) is 5.73 Å². The summed E-state index contributed by atoms with van der Waals surface area (Å²) in [6.45, 7) is 0.534. The van der Waals surface area contributed by atoms with Crippen molar-refractivity contribution < 1.29 is 9.47 Å². The Morgan fingerprint density at radius 2 is 1.72 bits per heavy atom. The summed E-state index contributed by atoms with van der Waals surface area (Å²) in [5.41, 5.74) is 6.63. The number of methoxy groups -OCH3 is 1. The maximum atomic E-state index is 5.76. The second-order valence-electron chi connectivity index (χ2n) is 3.75. The lowest BCUT2D eigenvalue weighted by atomic mass is 10.2. The van der Waals surface area contributed by atoms with Gasteiger partial charge in [-0.25, -0.2) is 0 Å². The third-order valence-electron chi connectivity index (χ3n) is 2.53. The fourth-order valence-electron chi connectivity index (χ4n) is 1.51. The highest BCUT2D eigenvalue weighted by Crippen LogP contribution is 2.32. The van der Waals surface area contributed by atoms with Crippen molar-refractivity contribution in [1.29, 1.82) is 0 Å². The van der Waals surface area contributed by atoms with Crippen LogP contribution >= 0.6 is 15.9 Å². The van der Waals surface area contributed by atoms with E-state index in [-0.39, 0.29) is 0 Å². The van der Waals surface area contributed by atoms with Crippen LogP contribution in [0.2, 0.25) is 0 Å². The molecule has 2 N–H and O–H groups in total. The molecule has 2 aromatic carbocycles. The molecule has 0 saturated heterocycles. The van der Waals surface area contributed by atoms with E-state index in [4.69, 9.17) is 15.2 Å². The van der Waals surface area contributed by atoms with Gasteiger partial charge in [0.05, 0.1) is 11.6 Å². The summed E-state index contributed by atoms with van der Waals surface area (Å²) >= 11 is 3.45. The Hall–Kier alpha value is -1.52. The molecule has 0 unspecified atom stereocenters. The molecule has 0 aliphatic carbocycles. The zero-order valence-electron chi connectivity index (χ0n) is 10.0. The molecular formula is C14H14BrNO2. The number of benzene rings is 2. The highest BCUT2D eigenvalue weighted by atomic mass is 79.9. The Bertz CT molecular complexity index is 526. The van der Waals surface area contributed by atoms with E-state index in [1.807, 2.05) is 42.5 Å². The van der Waals surface area contributed by atoms with Gasteiger partial charge in [-0.05, 0) is 51.8 Å². The molecule has 0 radical (unpaired) electrons. The number of hydrogen-bond acceptors (Lipinski definition) is 3. The molecule has 0 atom stereocenters. The molecule has 2 aromatic rings. The van der Waals surface area contributed by atoms with Gasteiger partial charge in [-0.3, -0.25) is 0 Å². The predicted octanol–water partition coefficient (Wildman–Crippen LogP) is 3.71. The molecule has 2 rings (SSSR count). The molecule has 0 amide bonds. The van der Waals surface area contributed by atoms with Crippen molar-refractivity contribution in [3.8, 4) is 17.2 Å². The average molecular weight is 308 g/mol. The third-order valence-corrected chi connectivity index (χ3v) is 3.15. The molecule has 4 heteroatoms. The summed E-state index contributed by atoms with van der Waals surface area (Å²) in [6.07, 6.45) is 0. The van der Waals surface area contributed by atoms with Crippen LogP contribution in [0.4, 0.5) is 0 Å². The standard InChI is InChI=1S/C14H14BrNO2/c1-17-12-6-7-14(13(15)8-12)18-11-4-2-10(9-16)3-5-11/h2-8H,9,16H2,1H3. The molecule has 0 spiro atoms. The van der Waals surface area contributed by atoms with Crippen LogP contribution in [-0.2, 0) is 6.54 Å². The molecule has 0 heterocycles. The van der Waals surface area contributed by atoms with Crippen LogP contribution in [-0.4, -0.2) is 7.11 Å². The molecule has 0 aliphatic heterocycles. The van der Waals surface area contributed by atoms with Crippen LogP contribution < -0.4 is 15.2 Å². The topological polar surface area (TPSA) is 44.5 Å². The molecule has 0 aliphatic rings. The van der Waals surface area contributed by atoms with Crippen LogP contribution in [0.25, 0.3) is 0 Å². The van der Waals surface area contributed by atoms with Gasteiger partial charge in [-0.1, -0.05) is 12.1 Å². The average Bonchev–Trinajstić information content (AvgIpc) is 2.42. The first-order valence-corrected chi connectivity index (χ1v) is 6.32. The summed E-state index contributed by atoms with van der Waals surface area (Å²) in [4.78, 5) is 0. The van der Waals surface area contributed by atoms with Gasteiger partial charge in [-0.2, -0.15) is 0 Å².